The van der Waals surface area contributed by atoms with E-state index in [4.69, 9.17) is 11.6 Å². The van der Waals surface area contributed by atoms with Gasteiger partial charge in [0.2, 0.25) is 0 Å². The summed E-state index contributed by atoms with van der Waals surface area (Å²) in [5.41, 5.74) is 1.87. The van der Waals surface area contributed by atoms with E-state index in [2.05, 4.69) is 9.97 Å². The number of benzene rings is 1. The van der Waals surface area contributed by atoms with Crippen molar-refractivity contribution in [3.05, 3.63) is 59.8 Å². The molecule has 0 N–H and O–H groups in total. The average molecular weight is 301 g/mol. The monoisotopic (exact) mass is 300 g/mol. The average Bonchev–Trinajstić information content (AvgIpc) is 2.97. The van der Waals surface area contributed by atoms with Gasteiger partial charge in [0, 0.05) is 35.8 Å². The van der Waals surface area contributed by atoms with Gasteiger partial charge >= 0.3 is 0 Å². The van der Waals surface area contributed by atoms with Crippen molar-refractivity contribution in [2.24, 2.45) is 0 Å². The van der Waals surface area contributed by atoms with Gasteiger partial charge in [-0.25, -0.2) is 9.97 Å². The molecule has 0 atom stereocenters. The molecule has 2 aromatic heterocycles. The molecule has 0 spiro atoms. The molecular weight excluding hydrogens is 288 g/mol. The Morgan fingerprint density at radius 2 is 2.05 bits per heavy atom. The number of nitrogens with zero attached hydrogens (tertiary/aromatic N) is 4. The third-order valence-electron chi connectivity index (χ3n) is 3.20. The largest absolute Gasteiger partial charge is 0.307 e. The molecule has 0 bridgehead atoms. The second-order valence-corrected chi connectivity index (χ2v) is 4.93. The standard InChI is InChI=1S/C15H13ClN4O/c1-2-20(12-5-3-11(16)4-6-12)15(21)13-10-19-8-7-17-14(19)9-18-13/h3-10H,2H2,1H3. The van der Waals surface area contributed by atoms with Crippen LogP contribution >= 0.6 is 11.6 Å². The summed E-state index contributed by atoms with van der Waals surface area (Å²) in [6.07, 6.45) is 6.72. The van der Waals surface area contributed by atoms with E-state index >= 15 is 0 Å². The molecule has 6 heteroatoms. The van der Waals surface area contributed by atoms with E-state index in [1.165, 1.54) is 0 Å². The molecule has 1 amide bonds. The summed E-state index contributed by atoms with van der Waals surface area (Å²) >= 11 is 5.88. The van der Waals surface area contributed by atoms with Gasteiger partial charge < -0.3 is 9.30 Å². The zero-order valence-corrected chi connectivity index (χ0v) is 12.2. The van der Waals surface area contributed by atoms with Crippen LogP contribution in [0.5, 0.6) is 0 Å². The zero-order valence-electron chi connectivity index (χ0n) is 11.4. The first-order valence-electron chi connectivity index (χ1n) is 6.55. The van der Waals surface area contributed by atoms with Crippen LogP contribution in [0, 0.1) is 0 Å². The van der Waals surface area contributed by atoms with Crippen molar-refractivity contribution in [1.29, 1.82) is 0 Å². The SMILES string of the molecule is CCN(C(=O)c1cn2ccnc2cn1)c1ccc(Cl)cc1. The van der Waals surface area contributed by atoms with E-state index in [-0.39, 0.29) is 5.91 Å². The molecule has 0 fully saturated rings. The predicted molar refractivity (Wildman–Crippen MR) is 81.8 cm³/mol. The van der Waals surface area contributed by atoms with Gasteiger partial charge in [0.15, 0.2) is 5.65 Å². The molecule has 0 saturated carbocycles. The maximum Gasteiger partial charge on any atom is 0.278 e. The number of carbonyl (C=O) groups excluding carboxylic acids is 1. The van der Waals surface area contributed by atoms with E-state index in [1.807, 2.05) is 19.1 Å². The van der Waals surface area contributed by atoms with Crippen LogP contribution in [0.1, 0.15) is 17.4 Å². The summed E-state index contributed by atoms with van der Waals surface area (Å²) in [7, 11) is 0. The molecule has 3 aromatic rings. The smallest absolute Gasteiger partial charge is 0.278 e. The van der Waals surface area contributed by atoms with Gasteiger partial charge in [0.1, 0.15) is 5.69 Å². The molecule has 21 heavy (non-hydrogen) atoms. The number of halogens is 1. The quantitative estimate of drug-likeness (QED) is 0.747. The van der Waals surface area contributed by atoms with Crippen molar-refractivity contribution >= 4 is 28.8 Å². The molecular formula is C15H13ClN4O. The van der Waals surface area contributed by atoms with Crippen LogP contribution in [-0.4, -0.2) is 26.8 Å². The summed E-state index contributed by atoms with van der Waals surface area (Å²) in [5, 5.41) is 0.639. The lowest BCUT2D eigenvalue weighted by Gasteiger charge is -2.20. The third-order valence-corrected chi connectivity index (χ3v) is 3.45. The Morgan fingerprint density at radius 3 is 2.76 bits per heavy atom. The normalized spacial score (nSPS) is 10.8. The number of carbonyl (C=O) groups is 1. The lowest BCUT2D eigenvalue weighted by atomic mass is 10.2. The van der Waals surface area contributed by atoms with Crippen LogP contribution in [0.2, 0.25) is 5.02 Å². The first kappa shape index (κ1) is 13.6. The van der Waals surface area contributed by atoms with Crippen LogP contribution in [0.3, 0.4) is 0 Å². The minimum Gasteiger partial charge on any atom is -0.307 e. The van der Waals surface area contributed by atoms with E-state index in [0.717, 1.165) is 5.69 Å². The molecule has 0 aliphatic carbocycles. The lowest BCUT2D eigenvalue weighted by Crippen LogP contribution is -2.31. The van der Waals surface area contributed by atoms with Gasteiger partial charge in [0.05, 0.1) is 6.20 Å². The van der Waals surface area contributed by atoms with Crippen molar-refractivity contribution in [1.82, 2.24) is 14.4 Å². The predicted octanol–water partition coefficient (Wildman–Crippen LogP) is 3.05. The van der Waals surface area contributed by atoms with Gasteiger partial charge in [-0.2, -0.15) is 0 Å². The van der Waals surface area contributed by atoms with Crippen LogP contribution in [0.15, 0.2) is 49.1 Å². The second kappa shape index (κ2) is 5.54. The Balaban J connectivity index is 1.95. The number of hydrogen-bond donors (Lipinski definition) is 0. The highest BCUT2D eigenvalue weighted by Crippen LogP contribution is 2.19. The Hall–Kier alpha value is -2.40. The molecule has 0 saturated heterocycles. The molecule has 0 aliphatic rings. The van der Waals surface area contributed by atoms with Crippen molar-refractivity contribution in [2.45, 2.75) is 6.92 Å². The number of hydrogen-bond acceptors (Lipinski definition) is 3. The fourth-order valence-corrected chi connectivity index (χ4v) is 2.27. The van der Waals surface area contributed by atoms with E-state index in [9.17, 15) is 4.79 Å². The molecule has 3 rings (SSSR count). The van der Waals surface area contributed by atoms with Gasteiger partial charge in [-0.15, -0.1) is 0 Å². The van der Waals surface area contributed by atoms with E-state index in [0.29, 0.717) is 22.9 Å². The Kier molecular flexibility index (Phi) is 3.58. The van der Waals surface area contributed by atoms with Crippen LogP contribution in [-0.2, 0) is 0 Å². The van der Waals surface area contributed by atoms with Gasteiger partial charge in [-0.05, 0) is 31.2 Å². The fourth-order valence-electron chi connectivity index (χ4n) is 2.14. The highest BCUT2D eigenvalue weighted by Gasteiger charge is 2.18. The highest BCUT2D eigenvalue weighted by atomic mass is 35.5. The number of anilines is 1. The lowest BCUT2D eigenvalue weighted by molar-refractivity contribution is 0.0983. The number of amides is 1. The molecule has 5 nitrogen and oxygen atoms in total. The Bertz CT molecular complexity index is 782. The maximum absolute atomic E-state index is 12.6. The van der Waals surface area contributed by atoms with Crippen molar-refractivity contribution < 1.29 is 4.79 Å². The summed E-state index contributed by atoms with van der Waals surface area (Å²) in [4.78, 5) is 22.6. The Labute approximate surface area is 126 Å². The fraction of sp³-hybridized carbons (Fsp3) is 0.133. The van der Waals surface area contributed by atoms with Crippen LogP contribution in [0.4, 0.5) is 5.69 Å². The van der Waals surface area contributed by atoms with Gasteiger partial charge in [-0.1, -0.05) is 11.6 Å². The minimum absolute atomic E-state index is 0.157. The highest BCUT2D eigenvalue weighted by molar-refractivity contribution is 6.30. The van der Waals surface area contributed by atoms with Crippen molar-refractivity contribution in [3.63, 3.8) is 0 Å². The van der Waals surface area contributed by atoms with Crippen molar-refractivity contribution in [3.8, 4) is 0 Å². The Morgan fingerprint density at radius 1 is 1.29 bits per heavy atom. The summed E-state index contributed by atoms with van der Waals surface area (Å²) < 4.78 is 1.77. The second-order valence-electron chi connectivity index (χ2n) is 4.49. The summed E-state index contributed by atoms with van der Waals surface area (Å²) in [6.45, 7) is 2.46. The molecule has 2 heterocycles. The summed E-state index contributed by atoms with van der Waals surface area (Å²) in [5.74, 6) is -0.157. The first-order chi connectivity index (χ1) is 10.2. The maximum atomic E-state index is 12.6. The first-order valence-corrected chi connectivity index (χ1v) is 6.93. The van der Waals surface area contributed by atoms with Gasteiger partial charge in [0.25, 0.3) is 5.91 Å². The van der Waals surface area contributed by atoms with Crippen molar-refractivity contribution in [2.75, 3.05) is 11.4 Å². The molecule has 0 unspecified atom stereocenters. The number of imidazole rings is 1. The third kappa shape index (κ3) is 2.60. The zero-order chi connectivity index (χ0) is 14.8. The van der Waals surface area contributed by atoms with Crippen LogP contribution < -0.4 is 4.90 Å². The van der Waals surface area contributed by atoms with Crippen LogP contribution in [0.25, 0.3) is 5.65 Å². The minimum atomic E-state index is -0.157. The van der Waals surface area contributed by atoms with E-state index in [1.54, 1.807) is 46.2 Å². The molecule has 0 aliphatic heterocycles. The topological polar surface area (TPSA) is 50.5 Å². The van der Waals surface area contributed by atoms with E-state index < -0.39 is 0 Å². The number of aromatic nitrogens is 3. The summed E-state index contributed by atoms with van der Waals surface area (Å²) in [6, 6.07) is 7.16. The molecule has 106 valence electrons. The number of rotatable bonds is 3. The molecule has 1 aromatic carbocycles. The number of fused-ring (bicyclic) bond motifs is 1. The van der Waals surface area contributed by atoms with Gasteiger partial charge in [-0.3, -0.25) is 4.79 Å². The molecule has 0 radical (unpaired) electrons.